The summed E-state index contributed by atoms with van der Waals surface area (Å²) in [6.07, 6.45) is 5.63. The van der Waals surface area contributed by atoms with Gasteiger partial charge in [0.1, 0.15) is 0 Å². The zero-order valence-electron chi connectivity index (χ0n) is 10.3. The maximum atomic E-state index is 2.26. The van der Waals surface area contributed by atoms with Crippen molar-refractivity contribution in [2.45, 2.75) is 40.0 Å². The van der Waals surface area contributed by atoms with Crippen LogP contribution in [0, 0.1) is 5.92 Å². The van der Waals surface area contributed by atoms with E-state index >= 15 is 0 Å². The SMILES string of the molecule is CC(C)C/C=C/c1ccc(C(C)C)cc1. The fourth-order valence-corrected chi connectivity index (χ4v) is 1.47. The lowest BCUT2D eigenvalue weighted by Gasteiger charge is -2.04. The second-order valence-electron chi connectivity index (χ2n) is 4.85. The summed E-state index contributed by atoms with van der Waals surface area (Å²) >= 11 is 0. The van der Waals surface area contributed by atoms with Crippen LogP contribution in [-0.2, 0) is 0 Å². The number of benzene rings is 1. The van der Waals surface area contributed by atoms with E-state index in [0.29, 0.717) is 5.92 Å². The summed E-state index contributed by atoms with van der Waals surface area (Å²) in [5.41, 5.74) is 2.72. The second-order valence-corrected chi connectivity index (χ2v) is 4.85. The predicted octanol–water partition coefficient (Wildman–Crippen LogP) is 4.87. The topological polar surface area (TPSA) is 0 Å². The van der Waals surface area contributed by atoms with E-state index in [4.69, 9.17) is 0 Å². The summed E-state index contributed by atoms with van der Waals surface area (Å²) in [6.45, 7) is 8.94. The van der Waals surface area contributed by atoms with Crippen LogP contribution in [0.2, 0.25) is 0 Å². The van der Waals surface area contributed by atoms with E-state index in [2.05, 4.69) is 64.1 Å². The molecule has 82 valence electrons. The third-order valence-electron chi connectivity index (χ3n) is 2.52. The third kappa shape index (κ3) is 4.33. The fraction of sp³-hybridized carbons (Fsp3) is 0.467. The van der Waals surface area contributed by atoms with Crippen LogP contribution in [0.15, 0.2) is 30.3 Å². The third-order valence-corrected chi connectivity index (χ3v) is 2.52. The molecule has 1 rings (SSSR count). The van der Waals surface area contributed by atoms with Crippen LogP contribution in [0.1, 0.15) is 51.2 Å². The summed E-state index contributed by atoms with van der Waals surface area (Å²) in [4.78, 5) is 0. The first-order chi connectivity index (χ1) is 7.09. The van der Waals surface area contributed by atoms with Crippen molar-refractivity contribution < 1.29 is 0 Å². The molecule has 0 amide bonds. The van der Waals surface area contributed by atoms with Crippen LogP contribution >= 0.6 is 0 Å². The van der Waals surface area contributed by atoms with Gasteiger partial charge in [0.15, 0.2) is 0 Å². The first-order valence-corrected chi connectivity index (χ1v) is 5.86. The van der Waals surface area contributed by atoms with E-state index < -0.39 is 0 Å². The van der Waals surface area contributed by atoms with E-state index in [1.807, 2.05) is 0 Å². The Morgan fingerprint density at radius 2 is 1.60 bits per heavy atom. The Morgan fingerprint density at radius 1 is 1.00 bits per heavy atom. The molecule has 0 radical (unpaired) electrons. The lowest BCUT2D eigenvalue weighted by atomic mass is 10.0. The molecule has 0 spiro atoms. The molecule has 0 aromatic heterocycles. The van der Waals surface area contributed by atoms with Gasteiger partial charge in [-0.3, -0.25) is 0 Å². The van der Waals surface area contributed by atoms with E-state index in [-0.39, 0.29) is 0 Å². The molecular weight excluding hydrogens is 180 g/mol. The molecule has 0 heteroatoms. The summed E-state index contributed by atoms with van der Waals surface area (Å²) in [5, 5.41) is 0. The molecule has 0 saturated heterocycles. The van der Waals surface area contributed by atoms with Crippen LogP contribution in [0.3, 0.4) is 0 Å². The molecule has 0 saturated carbocycles. The Hall–Kier alpha value is -1.04. The zero-order chi connectivity index (χ0) is 11.3. The summed E-state index contributed by atoms with van der Waals surface area (Å²) in [5.74, 6) is 1.37. The minimum atomic E-state index is 0.624. The number of hydrogen-bond donors (Lipinski definition) is 0. The van der Waals surface area contributed by atoms with Gasteiger partial charge in [-0.1, -0.05) is 64.1 Å². The van der Waals surface area contributed by atoms with Gasteiger partial charge in [0.05, 0.1) is 0 Å². The minimum absolute atomic E-state index is 0.624. The number of hydrogen-bond acceptors (Lipinski definition) is 0. The molecule has 1 aromatic rings. The Labute approximate surface area is 94.0 Å². The Balaban J connectivity index is 2.60. The van der Waals surface area contributed by atoms with Crippen molar-refractivity contribution in [2.75, 3.05) is 0 Å². The van der Waals surface area contributed by atoms with Gasteiger partial charge in [0.2, 0.25) is 0 Å². The van der Waals surface area contributed by atoms with Gasteiger partial charge < -0.3 is 0 Å². The normalized spacial score (nSPS) is 11.9. The van der Waals surface area contributed by atoms with Crippen LogP contribution in [0.4, 0.5) is 0 Å². The summed E-state index contributed by atoms with van der Waals surface area (Å²) in [7, 11) is 0. The van der Waals surface area contributed by atoms with E-state index in [0.717, 1.165) is 12.3 Å². The predicted molar refractivity (Wildman–Crippen MR) is 69.0 cm³/mol. The Morgan fingerprint density at radius 3 is 2.07 bits per heavy atom. The van der Waals surface area contributed by atoms with Gasteiger partial charge in [-0.05, 0) is 29.4 Å². The number of rotatable bonds is 4. The maximum Gasteiger partial charge on any atom is -0.0219 e. The van der Waals surface area contributed by atoms with Gasteiger partial charge in [0, 0.05) is 0 Å². The van der Waals surface area contributed by atoms with E-state index in [1.165, 1.54) is 11.1 Å². The molecule has 0 N–H and O–H groups in total. The second kappa shape index (κ2) is 5.75. The highest BCUT2D eigenvalue weighted by Gasteiger charge is 1.96. The Kier molecular flexibility index (Phi) is 4.61. The smallest absolute Gasteiger partial charge is 0.0219 e. The van der Waals surface area contributed by atoms with Gasteiger partial charge >= 0.3 is 0 Å². The molecule has 0 fully saturated rings. The van der Waals surface area contributed by atoms with Crippen molar-refractivity contribution in [1.82, 2.24) is 0 Å². The van der Waals surface area contributed by atoms with Gasteiger partial charge in [-0.25, -0.2) is 0 Å². The number of allylic oxidation sites excluding steroid dienone is 1. The average molecular weight is 202 g/mol. The van der Waals surface area contributed by atoms with Crippen molar-refractivity contribution in [3.05, 3.63) is 41.5 Å². The van der Waals surface area contributed by atoms with Crippen LogP contribution < -0.4 is 0 Å². The van der Waals surface area contributed by atoms with Crippen molar-refractivity contribution >= 4 is 6.08 Å². The molecule has 0 aliphatic rings. The van der Waals surface area contributed by atoms with Crippen molar-refractivity contribution in [2.24, 2.45) is 5.92 Å². The molecule has 0 aliphatic carbocycles. The summed E-state index contributed by atoms with van der Waals surface area (Å²) in [6, 6.07) is 8.84. The highest BCUT2D eigenvalue weighted by atomic mass is 14.0. The molecule has 0 nitrogen and oxygen atoms in total. The minimum Gasteiger partial charge on any atom is -0.0837 e. The van der Waals surface area contributed by atoms with Gasteiger partial charge in [-0.15, -0.1) is 0 Å². The molecule has 0 aliphatic heterocycles. The van der Waals surface area contributed by atoms with E-state index in [9.17, 15) is 0 Å². The molecular formula is C15H22. The van der Waals surface area contributed by atoms with Crippen molar-refractivity contribution in [3.63, 3.8) is 0 Å². The Bertz CT molecular complexity index is 301. The van der Waals surface area contributed by atoms with Crippen LogP contribution in [-0.4, -0.2) is 0 Å². The van der Waals surface area contributed by atoms with Crippen LogP contribution in [0.25, 0.3) is 6.08 Å². The highest BCUT2D eigenvalue weighted by molar-refractivity contribution is 5.49. The monoisotopic (exact) mass is 202 g/mol. The lowest BCUT2D eigenvalue weighted by molar-refractivity contribution is 0.665. The average Bonchev–Trinajstić information content (AvgIpc) is 2.18. The van der Waals surface area contributed by atoms with Crippen molar-refractivity contribution in [1.29, 1.82) is 0 Å². The fourth-order valence-electron chi connectivity index (χ4n) is 1.47. The quantitative estimate of drug-likeness (QED) is 0.653. The molecule has 0 atom stereocenters. The first-order valence-electron chi connectivity index (χ1n) is 5.86. The molecule has 0 bridgehead atoms. The van der Waals surface area contributed by atoms with E-state index in [1.54, 1.807) is 0 Å². The molecule has 15 heavy (non-hydrogen) atoms. The standard InChI is InChI=1S/C15H22/c1-12(2)6-5-7-14-8-10-15(11-9-14)13(3)4/h5,7-13H,6H2,1-4H3/b7-5+. The molecule has 0 heterocycles. The highest BCUT2D eigenvalue weighted by Crippen LogP contribution is 2.15. The first kappa shape index (κ1) is 12.0. The largest absolute Gasteiger partial charge is 0.0837 e. The van der Waals surface area contributed by atoms with Crippen molar-refractivity contribution in [3.8, 4) is 0 Å². The van der Waals surface area contributed by atoms with Crippen LogP contribution in [0.5, 0.6) is 0 Å². The van der Waals surface area contributed by atoms with Gasteiger partial charge in [-0.2, -0.15) is 0 Å². The maximum absolute atomic E-state index is 2.26. The zero-order valence-corrected chi connectivity index (χ0v) is 10.3. The molecule has 0 unspecified atom stereocenters. The summed E-state index contributed by atoms with van der Waals surface area (Å²) < 4.78 is 0. The molecule has 1 aromatic carbocycles. The lowest BCUT2D eigenvalue weighted by Crippen LogP contribution is -1.86. The van der Waals surface area contributed by atoms with Gasteiger partial charge in [0.25, 0.3) is 0 Å².